The molecule has 0 aliphatic carbocycles. The summed E-state index contributed by atoms with van der Waals surface area (Å²) < 4.78 is 0. The second kappa shape index (κ2) is 5.53. The van der Waals surface area contributed by atoms with Gasteiger partial charge in [0.25, 0.3) is 0 Å². The maximum absolute atomic E-state index is 4.52. The molecule has 0 saturated carbocycles. The lowest BCUT2D eigenvalue weighted by Crippen LogP contribution is -2.31. The number of nitrogens with one attached hydrogen (secondary N) is 2. The number of rotatable bonds is 3. The van der Waals surface area contributed by atoms with E-state index in [0.29, 0.717) is 0 Å². The highest BCUT2D eigenvalue weighted by molar-refractivity contribution is 5.77. The standard InChI is InChI=1S/C15H20N4/c1-11-2-3-14-15(19-11)8-13(10-18-14)17-9-12-4-6-16-7-5-12/h2-3,8,10,12,16-17H,4-7,9H2,1H3. The van der Waals surface area contributed by atoms with E-state index in [1.54, 1.807) is 0 Å². The van der Waals surface area contributed by atoms with E-state index in [0.717, 1.165) is 48.0 Å². The lowest BCUT2D eigenvalue weighted by Gasteiger charge is -2.23. The Morgan fingerprint density at radius 1 is 1.26 bits per heavy atom. The fourth-order valence-electron chi connectivity index (χ4n) is 2.55. The number of aryl methyl sites for hydroxylation is 1. The van der Waals surface area contributed by atoms with Crippen LogP contribution in [0, 0.1) is 12.8 Å². The van der Waals surface area contributed by atoms with Gasteiger partial charge in [0.05, 0.1) is 22.9 Å². The van der Waals surface area contributed by atoms with Crippen molar-refractivity contribution in [2.24, 2.45) is 5.92 Å². The number of aromatic nitrogens is 2. The van der Waals surface area contributed by atoms with Gasteiger partial charge in [0.2, 0.25) is 0 Å². The summed E-state index contributed by atoms with van der Waals surface area (Å²) in [7, 11) is 0. The Kier molecular flexibility index (Phi) is 3.60. The monoisotopic (exact) mass is 256 g/mol. The molecule has 0 amide bonds. The van der Waals surface area contributed by atoms with Crippen LogP contribution in [0.15, 0.2) is 24.4 Å². The molecule has 0 unspecified atom stereocenters. The summed E-state index contributed by atoms with van der Waals surface area (Å²) in [5.41, 5.74) is 4.03. The van der Waals surface area contributed by atoms with E-state index in [1.807, 2.05) is 25.3 Å². The average Bonchev–Trinajstić information content (AvgIpc) is 2.46. The molecule has 3 heterocycles. The number of pyridine rings is 2. The topological polar surface area (TPSA) is 49.8 Å². The molecule has 4 nitrogen and oxygen atoms in total. The van der Waals surface area contributed by atoms with Crippen LogP contribution in [0.25, 0.3) is 11.0 Å². The van der Waals surface area contributed by atoms with Gasteiger partial charge >= 0.3 is 0 Å². The first-order valence-electron chi connectivity index (χ1n) is 6.99. The van der Waals surface area contributed by atoms with Crippen molar-refractivity contribution in [3.8, 4) is 0 Å². The van der Waals surface area contributed by atoms with Gasteiger partial charge in [-0.25, -0.2) is 0 Å². The van der Waals surface area contributed by atoms with E-state index in [1.165, 1.54) is 12.8 Å². The molecule has 0 radical (unpaired) electrons. The van der Waals surface area contributed by atoms with Crippen LogP contribution in [-0.4, -0.2) is 29.6 Å². The number of hydrogen-bond acceptors (Lipinski definition) is 4. The Morgan fingerprint density at radius 3 is 2.95 bits per heavy atom. The first-order chi connectivity index (χ1) is 9.31. The molecule has 2 N–H and O–H groups in total. The second-order valence-electron chi connectivity index (χ2n) is 5.29. The van der Waals surface area contributed by atoms with Crippen LogP contribution in [0.5, 0.6) is 0 Å². The lowest BCUT2D eigenvalue weighted by atomic mass is 9.98. The van der Waals surface area contributed by atoms with E-state index in [2.05, 4.69) is 26.7 Å². The first-order valence-corrected chi connectivity index (χ1v) is 6.99. The Morgan fingerprint density at radius 2 is 2.11 bits per heavy atom. The molecule has 1 aliphatic heterocycles. The molecule has 2 aromatic heterocycles. The minimum atomic E-state index is 0.766. The normalized spacial score (nSPS) is 16.7. The van der Waals surface area contributed by atoms with Crippen molar-refractivity contribution in [3.05, 3.63) is 30.1 Å². The molecule has 0 aromatic carbocycles. The number of anilines is 1. The van der Waals surface area contributed by atoms with E-state index < -0.39 is 0 Å². The summed E-state index contributed by atoms with van der Waals surface area (Å²) in [6.45, 7) is 5.32. The molecule has 19 heavy (non-hydrogen) atoms. The molecular formula is C15H20N4. The van der Waals surface area contributed by atoms with Crippen LogP contribution in [0.1, 0.15) is 18.5 Å². The van der Waals surface area contributed by atoms with Crippen molar-refractivity contribution in [1.82, 2.24) is 15.3 Å². The number of hydrogen-bond donors (Lipinski definition) is 2. The Labute approximate surface area is 113 Å². The molecule has 1 saturated heterocycles. The van der Waals surface area contributed by atoms with Gasteiger partial charge in [-0.3, -0.25) is 9.97 Å². The Bertz CT molecular complexity index is 561. The molecule has 100 valence electrons. The summed E-state index contributed by atoms with van der Waals surface area (Å²) in [5, 5.41) is 6.89. The minimum Gasteiger partial charge on any atom is -0.383 e. The summed E-state index contributed by atoms with van der Waals surface area (Å²) in [5.74, 6) is 0.766. The zero-order valence-electron chi connectivity index (χ0n) is 11.3. The van der Waals surface area contributed by atoms with Crippen LogP contribution in [0.4, 0.5) is 5.69 Å². The van der Waals surface area contributed by atoms with E-state index in [-0.39, 0.29) is 0 Å². The quantitative estimate of drug-likeness (QED) is 0.885. The molecule has 0 atom stereocenters. The summed E-state index contributed by atoms with van der Waals surface area (Å²) in [4.78, 5) is 8.97. The average molecular weight is 256 g/mol. The van der Waals surface area contributed by atoms with Gasteiger partial charge in [-0.1, -0.05) is 0 Å². The fraction of sp³-hybridized carbons (Fsp3) is 0.467. The van der Waals surface area contributed by atoms with Gasteiger partial charge < -0.3 is 10.6 Å². The summed E-state index contributed by atoms with van der Waals surface area (Å²) in [6, 6.07) is 6.11. The third-order valence-electron chi connectivity index (χ3n) is 3.73. The predicted molar refractivity (Wildman–Crippen MR) is 78.4 cm³/mol. The number of piperidine rings is 1. The molecular weight excluding hydrogens is 236 g/mol. The maximum atomic E-state index is 4.52. The van der Waals surface area contributed by atoms with Crippen LogP contribution in [-0.2, 0) is 0 Å². The fourth-order valence-corrected chi connectivity index (χ4v) is 2.55. The lowest BCUT2D eigenvalue weighted by molar-refractivity contribution is 0.390. The third-order valence-corrected chi connectivity index (χ3v) is 3.73. The summed E-state index contributed by atoms with van der Waals surface area (Å²) >= 11 is 0. The number of nitrogens with zero attached hydrogens (tertiary/aromatic N) is 2. The highest BCUT2D eigenvalue weighted by atomic mass is 14.9. The third kappa shape index (κ3) is 3.01. The van der Waals surface area contributed by atoms with E-state index >= 15 is 0 Å². The van der Waals surface area contributed by atoms with Gasteiger partial charge in [0, 0.05) is 12.2 Å². The van der Waals surface area contributed by atoms with Crippen molar-refractivity contribution in [2.45, 2.75) is 19.8 Å². The molecule has 1 aliphatic rings. The zero-order chi connectivity index (χ0) is 13.1. The predicted octanol–water partition coefficient (Wildman–Crippen LogP) is 2.35. The SMILES string of the molecule is Cc1ccc2ncc(NCC3CCNCC3)cc2n1. The van der Waals surface area contributed by atoms with Crippen molar-refractivity contribution in [3.63, 3.8) is 0 Å². The first kappa shape index (κ1) is 12.4. The molecule has 1 fully saturated rings. The van der Waals surface area contributed by atoms with Crippen molar-refractivity contribution in [1.29, 1.82) is 0 Å². The molecule has 4 heteroatoms. The molecule has 0 bridgehead atoms. The van der Waals surface area contributed by atoms with Gasteiger partial charge in [-0.2, -0.15) is 0 Å². The smallest absolute Gasteiger partial charge is 0.0910 e. The van der Waals surface area contributed by atoms with Gasteiger partial charge in [0.15, 0.2) is 0 Å². The van der Waals surface area contributed by atoms with Crippen molar-refractivity contribution < 1.29 is 0 Å². The zero-order valence-corrected chi connectivity index (χ0v) is 11.3. The van der Waals surface area contributed by atoms with E-state index in [9.17, 15) is 0 Å². The largest absolute Gasteiger partial charge is 0.383 e. The molecule has 2 aromatic rings. The van der Waals surface area contributed by atoms with Crippen molar-refractivity contribution >= 4 is 16.7 Å². The second-order valence-corrected chi connectivity index (χ2v) is 5.29. The molecule has 3 rings (SSSR count). The summed E-state index contributed by atoms with van der Waals surface area (Å²) in [6.07, 6.45) is 4.41. The van der Waals surface area contributed by atoms with Crippen LogP contribution in [0.3, 0.4) is 0 Å². The van der Waals surface area contributed by atoms with Gasteiger partial charge in [0.1, 0.15) is 0 Å². The van der Waals surface area contributed by atoms with Gasteiger partial charge in [-0.05, 0) is 57.0 Å². The van der Waals surface area contributed by atoms with Crippen LogP contribution >= 0.6 is 0 Å². The van der Waals surface area contributed by atoms with Gasteiger partial charge in [-0.15, -0.1) is 0 Å². The maximum Gasteiger partial charge on any atom is 0.0910 e. The molecule has 0 spiro atoms. The van der Waals surface area contributed by atoms with Crippen LogP contribution < -0.4 is 10.6 Å². The number of fused-ring (bicyclic) bond motifs is 1. The highest BCUT2D eigenvalue weighted by Gasteiger charge is 2.12. The highest BCUT2D eigenvalue weighted by Crippen LogP contribution is 2.17. The Balaban J connectivity index is 1.70. The minimum absolute atomic E-state index is 0.766. The van der Waals surface area contributed by atoms with Crippen LogP contribution in [0.2, 0.25) is 0 Å². The Hall–Kier alpha value is -1.68. The van der Waals surface area contributed by atoms with Crippen molar-refractivity contribution in [2.75, 3.05) is 25.0 Å². The van der Waals surface area contributed by atoms with E-state index in [4.69, 9.17) is 0 Å².